The van der Waals surface area contributed by atoms with E-state index in [1.807, 2.05) is 6.07 Å². The van der Waals surface area contributed by atoms with Crippen molar-refractivity contribution in [2.75, 3.05) is 32.8 Å². The van der Waals surface area contributed by atoms with Gasteiger partial charge in [-0.1, -0.05) is 39.3 Å². The van der Waals surface area contributed by atoms with Crippen LogP contribution in [0.2, 0.25) is 5.02 Å². The molecule has 1 aromatic heterocycles. The van der Waals surface area contributed by atoms with Crippen LogP contribution < -0.4 is 10.1 Å². The normalized spacial score (nSPS) is 11.4. The third-order valence-corrected chi connectivity index (χ3v) is 3.67. The van der Waals surface area contributed by atoms with Crippen LogP contribution in [0.1, 0.15) is 33.3 Å². The molecular weight excluding hydrogens is 286 g/mol. The second-order valence-electron chi connectivity index (χ2n) is 5.51. The molecule has 5 heteroatoms. The number of pyridine rings is 1. The molecule has 0 saturated heterocycles. The summed E-state index contributed by atoms with van der Waals surface area (Å²) in [7, 11) is 0. The monoisotopic (exact) mass is 313 g/mol. The van der Waals surface area contributed by atoms with E-state index in [0.717, 1.165) is 38.3 Å². The average molecular weight is 314 g/mol. The van der Waals surface area contributed by atoms with Crippen molar-refractivity contribution in [1.82, 2.24) is 15.2 Å². The number of rotatable bonds is 10. The molecule has 0 aliphatic heterocycles. The quantitative estimate of drug-likeness (QED) is 0.720. The zero-order valence-corrected chi connectivity index (χ0v) is 14.4. The Bertz CT molecular complexity index is 409. The van der Waals surface area contributed by atoms with Gasteiger partial charge >= 0.3 is 0 Å². The van der Waals surface area contributed by atoms with Crippen molar-refractivity contribution in [3.63, 3.8) is 0 Å². The SMILES string of the molecule is CCN(CC)CCOc1cc(CNCC(C)C)c(Cl)cn1. The lowest BCUT2D eigenvalue weighted by Gasteiger charge is -2.18. The first-order valence-corrected chi connectivity index (χ1v) is 8.14. The lowest BCUT2D eigenvalue weighted by atomic mass is 10.2. The van der Waals surface area contributed by atoms with E-state index in [9.17, 15) is 0 Å². The molecule has 1 heterocycles. The summed E-state index contributed by atoms with van der Waals surface area (Å²) < 4.78 is 5.72. The molecule has 0 amide bonds. The minimum atomic E-state index is 0.621. The van der Waals surface area contributed by atoms with Gasteiger partial charge in [0.25, 0.3) is 0 Å². The number of nitrogens with zero attached hydrogens (tertiary/aromatic N) is 2. The lowest BCUT2D eigenvalue weighted by molar-refractivity contribution is 0.218. The molecule has 0 atom stereocenters. The largest absolute Gasteiger partial charge is 0.476 e. The Hall–Kier alpha value is -0.840. The molecule has 1 rings (SSSR count). The Morgan fingerprint density at radius 1 is 1.33 bits per heavy atom. The molecule has 0 unspecified atom stereocenters. The summed E-state index contributed by atoms with van der Waals surface area (Å²) in [6.07, 6.45) is 1.67. The van der Waals surface area contributed by atoms with Crippen molar-refractivity contribution < 1.29 is 4.74 Å². The summed E-state index contributed by atoms with van der Waals surface area (Å²) in [5, 5.41) is 4.07. The van der Waals surface area contributed by atoms with Crippen LogP contribution in [0.3, 0.4) is 0 Å². The predicted octanol–water partition coefficient (Wildman–Crippen LogP) is 3.20. The minimum absolute atomic E-state index is 0.621. The molecule has 0 fully saturated rings. The fourth-order valence-electron chi connectivity index (χ4n) is 1.99. The molecule has 0 bridgehead atoms. The van der Waals surface area contributed by atoms with Gasteiger partial charge in [-0.15, -0.1) is 0 Å². The Labute approximate surface area is 133 Å². The molecule has 120 valence electrons. The highest BCUT2D eigenvalue weighted by Crippen LogP contribution is 2.19. The van der Waals surface area contributed by atoms with Crippen LogP contribution in [-0.4, -0.2) is 42.7 Å². The molecular formula is C16H28ClN3O. The molecule has 0 aromatic carbocycles. The van der Waals surface area contributed by atoms with Crippen LogP contribution in [0.15, 0.2) is 12.3 Å². The Kier molecular flexibility index (Phi) is 8.66. The smallest absolute Gasteiger partial charge is 0.213 e. The van der Waals surface area contributed by atoms with Crippen LogP contribution in [0.25, 0.3) is 0 Å². The summed E-state index contributed by atoms with van der Waals surface area (Å²) >= 11 is 6.17. The summed E-state index contributed by atoms with van der Waals surface area (Å²) in [6, 6.07) is 1.93. The van der Waals surface area contributed by atoms with E-state index < -0.39 is 0 Å². The molecule has 21 heavy (non-hydrogen) atoms. The van der Waals surface area contributed by atoms with Crippen molar-refractivity contribution in [1.29, 1.82) is 0 Å². The van der Waals surface area contributed by atoms with Crippen LogP contribution in [0.5, 0.6) is 5.88 Å². The number of aromatic nitrogens is 1. The van der Waals surface area contributed by atoms with Gasteiger partial charge in [0.2, 0.25) is 5.88 Å². The van der Waals surface area contributed by atoms with E-state index in [2.05, 4.69) is 42.9 Å². The maximum Gasteiger partial charge on any atom is 0.213 e. The first kappa shape index (κ1) is 18.2. The average Bonchev–Trinajstić information content (AvgIpc) is 2.46. The van der Waals surface area contributed by atoms with Gasteiger partial charge in [-0.2, -0.15) is 0 Å². The number of hydrogen-bond acceptors (Lipinski definition) is 4. The first-order chi connectivity index (χ1) is 10.1. The number of ether oxygens (including phenoxy) is 1. The van der Waals surface area contributed by atoms with Gasteiger partial charge in [0.1, 0.15) is 6.61 Å². The third-order valence-electron chi connectivity index (χ3n) is 3.33. The molecule has 0 saturated carbocycles. The second kappa shape index (κ2) is 9.98. The standard InChI is InChI=1S/C16H28ClN3O/c1-5-20(6-2)7-8-21-16-9-14(15(17)12-19-16)11-18-10-13(3)4/h9,12-13,18H,5-8,10-11H2,1-4H3. The molecule has 0 aliphatic carbocycles. The summed E-state index contributed by atoms with van der Waals surface area (Å²) in [4.78, 5) is 6.55. The van der Waals surface area contributed by atoms with E-state index in [-0.39, 0.29) is 0 Å². The second-order valence-corrected chi connectivity index (χ2v) is 5.92. The van der Waals surface area contributed by atoms with Crippen molar-refractivity contribution in [2.45, 2.75) is 34.2 Å². The maximum absolute atomic E-state index is 6.17. The highest BCUT2D eigenvalue weighted by molar-refractivity contribution is 6.31. The first-order valence-electron chi connectivity index (χ1n) is 7.77. The Morgan fingerprint density at radius 3 is 2.67 bits per heavy atom. The molecule has 4 nitrogen and oxygen atoms in total. The van der Waals surface area contributed by atoms with Gasteiger partial charge in [-0.25, -0.2) is 4.98 Å². The van der Waals surface area contributed by atoms with Crippen molar-refractivity contribution in [3.8, 4) is 5.88 Å². The summed E-state index contributed by atoms with van der Waals surface area (Å²) in [5.74, 6) is 1.27. The van der Waals surface area contributed by atoms with Gasteiger partial charge in [0.15, 0.2) is 0 Å². The number of likely N-dealkylation sites (N-methyl/N-ethyl adjacent to an activating group) is 1. The van der Waals surface area contributed by atoms with Crippen molar-refractivity contribution in [3.05, 3.63) is 22.8 Å². The van der Waals surface area contributed by atoms with E-state index in [0.29, 0.717) is 23.4 Å². The lowest BCUT2D eigenvalue weighted by Crippen LogP contribution is -2.28. The minimum Gasteiger partial charge on any atom is -0.476 e. The van der Waals surface area contributed by atoms with Crippen LogP contribution in [0.4, 0.5) is 0 Å². The van der Waals surface area contributed by atoms with E-state index in [1.165, 1.54) is 0 Å². The van der Waals surface area contributed by atoms with E-state index in [1.54, 1.807) is 6.20 Å². The number of nitrogens with one attached hydrogen (secondary N) is 1. The van der Waals surface area contributed by atoms with Gasteiger partial charge in [0, 0.05) is 25.4 Å². The predicted molar refractivity (Wildman–Crippen MR) is 89.1 cm³/mol. The number of halogens is 1. The van der Waals surface area contributed by atoms with Crippen molar-refractivity contribution in [2.24, 2.45) is 5.92 Å². The zero-order valence-electron chi connectivity index (χ0n) is 13.7. The van der Waals surface area contributed by atoms with Crippen LogP contribution >= 0.6 is 11.6 Å². The van der Waals surface area contributed by atoms with Gasteiger partial charge in [0.05, 0.1) is 5.02 Å². The van der Waals surface area contributed by atoms with Gasteiger partial charge < -0.3 is 15.0 Å². The molecule has 0 radical (unpaired) electrons. The van der Waals surface area contributed by atoms with Crippen LogP contribution in [0, 0.1) is 5.92 Å². The zero-order chi connectivity index (χ0) is 15.7. The van der Waals surface area contributed by atoms with Gasteiger partial charge in [-0.3, -0.25) is 0 Å². The molecule has 1 N–H and O–H groups in total. The van der Waals surface area contributed by atoms with Crippen molar-refractivity contribution >= 4 is 11.6 Å². The molecule has 1 aromatic rings. The molecule has 0 aliphatic rings. The summed E-state index contributed by atoms with van der Waals surface area (Å²) in [5.41, 5.74) is 1.03. The fraction of sp³-hybridized carbons (Fsp3) is 0.688. The number of hydrogen-bond donors (Lipinski definition) is 1. The van der Waals surface area contributed by atoms with E-state index >= 15 is 0 Å². The Balaban J connectivity index is 2.48. The van der Waals surface area contributed by atoms with Gasteiger partial charge in [-0.05, 0) is 31.1 Å². The molecule has 0 spiro atoms. The maximum atomic E-state index is 6.17. The van der Waals surface area contributed by atoms with Crippen LogP contribution in [-0.2, 0) is 6.54 Å². The Morgan fingerprint density at radius 2 is 2.05 bits per heavy atom. The third kappa shape index (κ3) is 7.11. The highest BCUT2D eigenvalue weighted by Gasteiger charge is 2.06. The highest BCUT2D eigenvalue weighted by atomic mass is 35.5. The fourth-order valence-corrected chi connectivity index (χ4v) is 2.16. The summed E-state index contributed by atoms with van der Waals surface area (Å²) in [6.45, 7) is 14.0. The topological polar surface area (TPSA) is 37.4 Å². The van der Waals surface area contributed by atoms with E-state index in [4.69, 9.17) is 16.3 Å².